The van der Waals surface area contributed by atoms with Crippen molar-refractivity contribution in [2.24, 2.45) is 0 Å². The standard InChI is InChI=1S/C8H11F5OS/c1-5(9)8(12,13)7(10,11)3-4-15-6(2)14/h5H,3-4H2,1-2H3. The quantitative estimate of drug-likeness (QED) is 0.696. The summed E-state index contributed by atoms with van der Waals surface area (Å²) >= 11 is 0.511. The van der Waals surface area contributed by atoms with Gasteiger partial charge in [-0.3, -0.25) is 4.79 Å². The first kappa shape index (κ1) is 14.7. The first-order valence-electron chi connectivity index (χ1n) is 4.14. The van der Waals surface area contributed by atoms with Gasteiger partial charge in [0.25, 0.3) is 0 Å². The van der Waals surface area contributed by atoms with Gasteiger partial charge in [0.15, 0.2) is 11.3 Å². The van der Waals surface area contributed by atoms with Crippen LogP contribution in [-0.4, -0.2) is 28.9 Å². The predicted molar refractivity (Wildman–Crippen MR) is 48.2 cm³/mol. The van der Waals surface area contributed by atoms with Gasteiger partial charge in [-0.1, -0.05) is 11.8 Å². The third-order valence-electron chi connectivity index (χ3n) is 1.71. The maximum atomic E-state index is 12.8. The van der Waals surface area contributed by atoms with Crippen molar-refractivity contribution in [1.82, 2.24) is 0 Å². The number of carbonyl (C=O) groups is 1. The van der Waals surface area contributed by atoms with Crippen LogP contribution < -0.4 is 0 Å². The average Bonchev–Trinajstić information content (AvgIpc) is 2.02. The van der Waals surface area contributed by atoms with Gasteiger partial charge in [0, 0.05) is 19.1 Å². The van der Waals surface area contributed by atoms with Crippen LogP contribution in [0.4, 0.5) is 22.0 Å². The van der Waals surface area contributed by atoms with Crippen LogP contribution in [0.15, 0.2) is 0 Å². The monoisotopic (exact) mass is 250 g/mol. The molecule has 0 amide bonds. The summed E-state index contributed by atoms with van der Waals surface area (Å²) in [7, 11) is 0. The number of rotatable bonds is 5. The molecule has 0 rings (SSSR count). The maximum absolute atomic E-state index is 12.8. The zero-order valence-corrected chi connectivity index (χ0v) is 9.01. The van der Waals surface area contributed by atoms with Crippen LogP contribution in [0.3, 0.4) is 0 Å². The third kappa shape index (κ3) is 3.96. The minimum atomic E-state index is -4.69. The molecule has 0 aliphatic heterocycles. The van der Waals surface area contributed by atoms with Crippen molar-refractivity contribution in [2.75, 3.05) is 5.75 Å². The highest BCUT2D eigenvalue weighted by Gasteiger charge is 2.59. The predicted octanol–water partition coefficient (Wildman–Crippen LogP) is 3.28. The van der Waals surface area contributed by atoms with E-state index in [4.69, 9.17) is 0 Å². The van der Waals surface area contributed by atoms with Crippen LogP contribution in [0.5, 0.6) is 0 Å². The first-order chi connectivity index (χ1) is 6.61. The summed E-state index contributed by atoms with van der Waals surface area (Å²) in [6, 6.07) is 0. The van der Waals surface area contributed by atoms with Gasteiger partial charge in [-0.2, -0.15) is 17.6 Å². The minimum absolute atomic E-state index is 0.381. The van der Waals surface area contributed by atoms with Crippen molar-refractivity contribution in [1.29, 1.82) is 0 Å². The molecular weight excluding hydrogens is 239 g/mol. The Balaban J connectivity index is 4.34. The van der Waals surface area contributed by atoms with Crippen LogP contribution in [0.1, 0.15) is 20.3 Å². The molecule has 0 aromatic carbocycles. The van der Waals surface area contributed by atoms with Crippen LogP contribution in [-0.2, 0) is 4.79 Å². The lowest BCUT2D eigenvalue weighted by atomic mass is 10.1. The molecule has 0 aliphatic carbocycles. The van der Waals surface area contributed by atoms with E-state index in [9.17, 15) is 26.7 Å². The summed E-state index contributed by atoms with van der Waals surface area (Å²) in [6.07, 6.45) is -4.15. The summed E-state index contributed by atoms with van der Waals surface area (Å²) in [5.41, 5.74) is 0. The number of hydrogen-bond acceptors (Lipinski definition) is 2. The summed E-state index contributed by atoms with van der Waals surface area (Å²) in [5, 5.41) is -0.442. The molecule has 0 heterocycles. The van der Waals surface area contributed by atoms with E-state index in [1.54, 1.807) is 0 Å². The summed E-state index contributed by atoms with van der Waals surface area (Å²) in [4.78, 5) is 10.4. The van der Waals surface area contributed by atoms with E-state index in [1.807, 2.05) is 0 Å². The molecule has 0 fully saturated rings. The Morgan fingerprint density at radius 1 is 1.33 bits per heavy atom. The summed E-state index contributed by atoms with van der Waals surface area (Å²) in [6.45, 7) is 1.52. The van der Waals surface area contributed by atoms with Crippen molar-refractivity contribution in [2.45, 2.75) is 38.3 Å². The Morgan fingerprint density at radius 3 is 2.13 bits per heavy atom. The molecule has 0 radical (unpaired) electrons. The number of halogens is 5. The lowest BCUT2D eigenvalue weighted by Gasteiger charge is -2.27. The van der Waals surface area contributed by atoms with Crippen molar-refractivity contribution < 1.29 is 26.7 Å². The van der Waals surface area contributed by atoms with Crippen molar-refractivity contribution in [3.63, 3.8) is 0 Å². The lowest BCUT2D eigenvalue weighted by molar-refractivity contribution is -0.235. The topological polar surface area (TPSA) is 17.1 Å². The summed E-state index contributed by atoms with van der Waals surface area (Å²) < 4.78 is 63.1. The van der Waals surface area contributed by atoms with E-state index in [2.05, 4.69) is 0 Å². The van der Waals surface area contributed by atoms with Gasteiger partial charge in [0.2, 0.25) is 0 Å². The molecule has 1 atom stereocenters. The van der Waals surface area contributed by atoms with Gasteiger partial charge in [0.1, 0.15) is 0 Å². The van der Waals surface area contributed by atoms with Crippen molar-refractivity contribution >= 4 is 16.9 Å². The molecule has 0 aliphatic rings. The highest BCUT2D eigenvalue weighted by atomic mass is 32.2. The first-order valence-corrected chi connectivity index (χ1v) is 5.13. The summed E-state index contributed by atoms with van der Waals surface area (Å²) in [5.74, 6) is -9.57. The molecule has 0 saturated carbocycles. The second kappa shape index (κ2) is 5.14. The molecule has 7 heteroatoms. The fraction of sp³-hybridized carbons (Fsp3) is 0.875. The smallest absolute Gasteiger partial charge is 0.288 e. The van der Waals surface area contributed by atoms with Crippen LogP contribution in [0.2, 0.25) is 0 Å². The fourth-order valence-electron chi connectivity index (χ4n) is 0.781. The largest absolute Gasteiger partial charge is 0.340 e. The van der Waals surface area contributed by atoms with Crippen LogP contribution in [0, 0.1) is 0 Å². The Kier molecular flexibility index (Phi) is 5.02. The molecular formula is C8H11F5OS. The molecule has 90 valence electrons. The molecule has 0 spiro atoms. The minimum Gasteiger partial charge on any atom is -0.288 e. The molecule has 1 nitrogen and oxygen atoms in total. The fourth-order valence-corrected chi connectivity index (χ4v) is 1.43. The molecule has 0 aromatic heterocycles. The van der Waals surface area contributed by atoms with Gasteiger partial charge in [-0.05, 0) is 6.92 Å². The van der Waals surface area contributed by atoms with Crippen LogP contribution in [0.25, 0.3) is 0 Å². The van der Waals surface area contributed by atoms with E-state index in [0.29, 0.717) is 18.7 Å². The van der Waals surface area contributed by atoms with Gasteiger partial charge >= 0.3 is 11.8 Å². The highest BCUT2D eigenvalue weighted by Crippen LogP contribution is 2.41. The van der Waals surface area contributed by atoms with E-state index in [1.165, 1.54) is 0 Å². The van der Waals surface area contributed by atoms with Gasteiger partial charge in [0.05, 0.1) is 0 Å². The average molecular weight is 250 g/mol. The van der Waals surface area contributed by atoms with E-state index in [-0.39, 0.29) is 0 Å². The SMILES string of the molecule is CC(=O)SCCC(F)(F)C(F)(F)C(C)F. The number of alkyl halides is 5. The third-order valence-corrected chi connectivity index (χ3v) is 2.52. The molecule has 1 unspecified atom stereocenters. The Bertz CT molecular complexity index is 229. The van der Waals surface area contributed by atoms with E-state index in [0.717, 1.165) is 6.92 Å². The van der Waals surface area contributed by atoms with Crippen molar-refractivity contribution in [3.8, 4) is 0 Å². The Labute approximate surface area is 88.4 Å². The number of hydrogen-bond donors (Lipinski definition) is 0. The molecule has 0 aromatic rings. The second-order valence-corrected chi connectivity index (χ2v) is 4.31. The molecule has 0 saturated heterocycles. The van der Waals surface area contributed by atoms with Gasteiger partial charge < -0.3 is 0 Å². The lowest BCUT2D eigenvalue weighted by Crippen LogP contribution is -2.47. The van der Waals surface area contributed by atoms with E-state index < -0.39 is 35.3 Å². The van der Waals surface area contributed by atoms with Gasteiger partial charge in [-0.15, -0.1) is 0 Å². The molecule has 0 N–H and O–H groups in total. The Hall–Kier alpha value is -0.330. The van der Waals surface area contributed by atoms with Crippen LogP contribution >= 0.6 is 11.8 Å². The second-order valence-electron chi connectivity index (χ2n) is 3.03. The highest BCUT2D eigenvalue weighted by molar-refractivity contribution is 8.13. The maximum Gasteiger partial charge on any atom is 0.340 e. The molecule has 0 bridgehead atoms. The van der Waals surface area contributed by atoms with E-state index >= 15 is 0 Å². The van der Waals surface area contributed by atoms with Gasteiger partial charge in [-0.25, -0.2) is 4.39 Å². The Morgan fingerprint density at radius 2 is 1.80 bits per heavy atom. The zero-order valence-electron chi connectivity index (χ0n) is 8.20. The number of thioether (sulfide) groups is 1. The normalized spacial score (nSPS) is 15.1. The zero-order chi connectivity index (χ0) is 12.3. The van der Waals surface area contributed by atoms with Crippen molar-refractivity contribution in [3.05, 3.63) is 0 Å². The number of carbonyl (C=O) groups excluding carboxylic acids is 1. The molecule has 15 heavy (non-hydrogen) atoms.